The van der Waals surface area contributed by atoms with Crippen molar-refractivity contribution in [3.8, 4) is 0 Å². The van der Waals surface area contributed by atoms with Gasteiger partial charge < -0.3 is 4.98 Å². The fourth-order valence-corrected chi connectivity index (χ4v) is 1.94. The highest BCUT2D eigenvalue weighted by atomic mass is 14.8. The molecule has 0 bridgehead atoms. The number of rotatable bonds is 0. The fraction of sp³-hybridized carbons (Fsp3) is 0.182. The van der Waals surface area contributed by atoms with Crippen LogP contribution in [0, 0.1) is 0 Å². The van der Waals surface area contributed by atoms with E-state index in [1.807, 2.05) is 6.21 Å². The minimum absolute atomic E-state index is 0.810. The summed E-state index contributed by atoms with van der Waals surface area (Å²) in [6, 6.07) is 8.44. The van der Waals surface area contributed by atoms with Crippen LogP contribution in [0.25, 0.3) is 10.9 Å². The summed E-state index contributed by atoms with van der Waals surface area (Å²) in [5, 5.41) is 1.35. The lowest BCUT2D eigenvalue weighted by molar-refractivity contribution is 0.970. The minimum Gasteiger partial charge on any atom is -0.357 e. The van der Waals surface area contributed by atoms with Gasteiger partial charge in [0.2, 0.25) is 0 Å². The molecule has 13 heavy (non-hydrogen) atoms. The molecule has 0 amide bonds. The Morgan fingerprint density at radius 1 is 1.23 bits per heavy atom. The third-order valence-corrected chi connectivity index (χ3v) is 2.58. The van der Waals surface area contributed by atoms with Crippen molar-refractivity contribution in [2.75, 3.05) is 0 Å². The van der Waals surface area contributed by atoms with E-state index in [2.05, 4.69) is 34.2 Å². The van der Waals surface area contributed by atoms with Crippen LogP contribution in [0.1, 0.15) is 11.3 Å². The van der Waals surface area contributed by atoms with Gasteiger partial charge in [-0.25, -0.2) is 0 Å². The number of aromatic amines is 1. The highest BCUT2D eigenvalue weighted by Gasteiger charge is 2.11. The van der Waals surface area contributed by atoms with Gasteiger partial charge in [-0.05, 0) is 11.6 Å². The van der Waals surface area contributed by atoms with Crippen LogP contribution >= 0.6 is 0 Å². The maximum atomic E-state index is 4.26. The monoisotopic (exact) mass is 170 g/mol. The van der Waals surface area contributed by atoms with Gasteiger partial charge in [-0.1, -0.05) is 18.2 Å². The molecule has 0 fully saturated rings. The zero-order chi connectivity index (χ0) is 8.67. The summed E-state index contributed by atoms with van der Waals surface area (Å²) in [4.78, 5) is 7.66. The first-order chi connectivity index (χ1) is 6.45. The van der Waals surface area contributed by atoms with Gasteiger partial charge in [0.25, 0.3) is 0 Å². The number of para-hydroxylation sites is 1. The number of hydrogen-bond acceptors (Lipinski definition) is 1. The lowest BCUT2D eigenvalue weighted by Gasteiger charge is -2.03. The number of fused-ring (bicyclic) bond motifs is 3. The number of aliphatic imine (C=N–C) groups is 1. The molecule has 64 valence electrons. The summed E-state index contributed by atoms with van der Waals surface area (Å²) in [7, 11) is 0. The van der Waals surface area contributed by atoms with E-state index in [-0.39, 0.29) is 0 Å². The molecule has 0 atom stereocenters. The summed E-state index contributed by atoms with van der Waals surface area (Å²) >= 11 is 0. The predicted octanol–water partition coefficient (Wildman–Crippen LogP) is 2.29. The first-order valence-electron chi connectivity index (χ1n) is 4.52. The fourth-order valence-electron chi connectivity index (χ4n) is 1.94. The summed E-state index contributed by atoms with van der Waals surface area (Å²) in [6.45, 7) is 0.810. The topological polar surface area (TPSA) is 28.1 Å². The molecule has 2 heteroatoms. The van der Waals surface area contributed by atoms with Gasteiger partial charge in [0.15, 0.2) is 0 Å². The second-order valence-corrected chi connectivity index (χ2v) is 3.36. The van der Waals surface area contributed by atoms with Crippen molar-refractivity contribution < 1.29 is 0 Å². The van der Waals surface area contributed by atoms with Gasteiger partial charge >= 0.3 is 0 Å². The van der Waals surface area contributed by atoms with E-state index in [0.29, 0.717) is 0 Å². The lowest BCUT2D eigenvalue weighted by atomic mass is 10.1. The van der Waals surface area contributed by atoms with Crippen LogP contribution in [-0.4, -0.2) is 11.2 Å². The van der Waals surface area contributed by atoms with Crippen LogP contribution in [0.2, 0.25) is 0 Å². The first kappa shape index (κ1) is 6.89. The number of hydrogen-bond donors (Lipinski definition) is 1. The van der Waals surface area contributed by atoms with Crippen molar-refractivity contribution >= 4 is 17.1 Å². The molecule has 0 radical (unpaired) electrons. The molecular weight excluding hydrogens is 160 g/mol. The summed E-state index contributed by atoms with van der Waals surface area (Å²) in [5.41, 5.74) is 3.94. The van der Waals surface area contributed by atoms with Crippen molar-refractivity contribution in [1.29, 1.82) is 0 Å². The van der Waals surface area contributed by atoms with Gasteiger partial charge in [0.05, 0.1) is 6.54 Å². The van der Waals surface area contributed by atoms with Crippen LogP contribution in [0.4, 0.5) is 0 Å². The van der Waals surface area contributed by atoms with Crippen LogP contribution < -0.4 is 0 Å². The van der Waals surface area contributed by atoms with Gasteiger partial charge in [0, 0.05) is 29.2 Å². The molecular formula is C11H10N2. The van der Waals surface area contributed by atoms with E-state index >= 15 is 0 Å². The summed E-state index contributed by atoms with van der Waals surface area (Å²) in [6.07, 6.45) is 2.97. The zero-order valence-corrected chi connectivity index (χ0v) is 7.25. The Balaban J connectivity index is 2.37. The van der Waals surface area contributed by atoms with E-state index in [0.717, 1.165) is 13.0 Å². The van der Waals surface area contributed by atoms with Gasteiger partial charge in [-0.2, -0.15) is 0 Å². The molecule has 1 aliphatic heterocycles. The predicted molar refractivity (Wildman–Crippen MR) is 54.2 cm³/mol. The Hall–Kier alpha value is -1.57. The summed E-state index contributed by atoms with van der Waals surface area (Å²) < 4.78 is 0. The SMILES string of the molecule is C1=NCc2[nH]c3ccccc3c2C1. The van der Waals surface area contributed by atoms with Gasteiger partial charge in [0.1, 0.15) is 0 Å². The molecule has 1 aromatic carbocycles. The Morgan fingerprint density at radius 3 is 3.15 bits per heavy atom. The molecule has 2 heterocycles. The highest BCUT2D eigenvalue weighted by Crippen LogP contribution is 2.24. The smallest absolute Gasteiger partial charge is 0.0789 e. The molecule has 3 rings (SSSR count). The van der Waals surface area contributed by atoms with Gasteiger partial charge in [-0.3, -0.25) is 4.99 Å². The molecule has 0 aliphatic carbocycles. The standard InChI is InChI=1S/C11H10N2/c1-2-4-10-8(3-1)9-5-6-12-7-11(9)13-10/h1-4,6,13H,5,7H2. The molecule has 0 spiro atoms. The Bertz CT molecular complexity index is 480. The number of aromatic nitrogens is 1. The first-order valence-corrected chi connectivity index (χ1v) is 4.52. The highest BCUT2D eigenvalue weighted by molar-refractivity contribution is 5.87. The Morgan fingerprint density at radius 2 is 2.15 bits per heavy atom. The van der Waals surface area contributed by atoms with Crippen LogP contribution in [0.3, 0.4) is 0 Å². The second kappa shape index (κ2) is 2.46. The number of H-pyrrole nitrogens is 1. The molecule has 1 aliphatic rings. The molecule has 1 aromatic heterocycles. The van der Waals surface area contributed by atoms with E-state index in [1.54, 1.807) is 0 Å². The lowest BCUT2D eigenvalue weighted by Crippen LogP contribution is -1.98. The van der Waals surface area contributed by atoms with Crippen molar-refractivity contribution in [1.82, 2.24) is 4.98 Å². The molecule has 1 N–H and O–H groups in total. The second-order valence-electron chi connectivity index (χ2n) is 3.36. The van der Waals surface area contributed by atoms with Crippen LogP contribution in [-0.2, 0) is 13.0 Å². The summed E-state index contributed by atoms with van der Waals surface area (Å²) in [5.74, 6) is 0. The quantitative estimate of drug-likeness (QED) is 0.628. The van der Waals surface area contributed by atoms with Gasteiger partial charge in [-0.15, -0.1) is 0 Å². The van der Waals surface area contributed by atoms with Crippen LogP contribution in [0.5, 0.6) is 0 Å². The third kappa shape index (κ3) is 0.917. The Labute approximate surface area is 76.3 Å². The minimum atomic E-state index is 0.810. The van der Waals surface area contributed by atoms with Crippen molar-refractivity contribution in [3.63, 3.8) is 0 Å². The maximum Gasteiger partial charge on any atom is 0.0789 e. The van der Waals surface area contributed by atoms with Crippen molar-refractivity contribution in [2.45, 2.75) is 13.0 Å². The van der Waals surface area contributed by atoms with Crippen LogP contribution in [0.15, 0.2) is 29.3 Å². The molecule has 0 unspecified atom stereocenters. The maximum absolute atomic E-state index is 4.26. The largest absolute Gasteiger partial charge is 0.357 e. The third-order valence-electron chi connectivity index (χ3n) is 2.58. The molecule has 2 nitrogen and oxygen atoms in total. The zero-order valence-electron chi connectivity index (χ0n) is 7.25. The van der Waals surface area contributed by atoms with Crippen molar-refractivity contribution in [2.24, 2.45) is 4.99 Å². The number of nitrogens with one attached hydrogen (secondary N) is 1. The van der Waals surface area contributed by atoms with Crippen molar-refractivity contribution in [3.05, 3.63) is 35.5 Å². The Kier molecular flexibility index (Phi) is 1.30. The number of benzene rings is 1. The van der Waals surface area contributed by atoms with E-state index in [9.17, 15) is 0 Å². The molecule has 0 saturated heterocycles. The average molecular weight is 170 g/mol. The normalized spacial score (nSPS) is 14.8. The number of nitrogens with zero attached hydrogens (tertiary/aromatic N) is 1. The molecule has 0 saturated carbocycles. The average Bonchev–Trinajstić information content (AvgIpc) is 2.56. The van der Waals surface area contributed by atoms with E-state index in [1.165, 1.54) is 22.2 Å². The van der Waals surface area contributed by atoms with E-state index < -0.39 is 0 Å². The van der Waals surface area contributed by atoms with E-state index in [4.69, 9.17) is 0 Å². The molecule has 2 aromatic rings.